The number of urea groups is 1. The maximum atomic E-state index is 13.6. The highest BCUT2D eigenvalue weighted by Gasteiger charge is 2.42. The zero-order chi connectivity index (χ0) is 58.1. The van der Waals surface area contributed by atoms with E-state index in [9.17, 15) is 33.6 Å². The van der Waals surface area contributed by atoms with Crippen molar-refractivity contribution in [2.45, 2.75) is 175 Å². The molecule has 20 heteroatoms. The van der Waals surface area contributed by atoms with E-state index < -0.39 is 27.9 Å². The number of benzene rings is 2. The monoisotopic (exact) mass is 1120 g/mol. The molecule has 19 nitrogen and oxygen atoms in total. The van der Waals surface area contributed by atoms with Gasteiger partial charge >= 0.3 is 18.0 Å². The van der Waals surface area contributed by atoms with Crippen molar-refractivity contribution < 1.29 is 62.0 Å². The summed E-state index contributed by atoms with van der Waals surface area (Å²) >= 11 is 1.85. The highest BCUT2D eigenvalue weighted by Crippen LogP contribution is 2.34. The topological polar surface area (TPSA) is 247 Å². The number of hydrogen-bond donors (Lipinski definition) is 6. The molecule has 2 heterocycles. The van der Waals surface area contributed by atoms with Crippen LogP contribution in [0.1, 0.15) is 157 Å². The summed E-state index contributed by atoms with van der Waals surface area (Å²) in [6, 6.07) is 12.2. The van der Waals surface area contributed by atoms with Crippen molar-refractivity contribution in [3.8, 4) is 22.6 Å². The van der Waals surface area contributed by atoms with Crippen molar-refractivity contribution in [2.75, 3.05) is 71.6 Å². The van der Waals surface area contributed by atoms with Gasteiger partial charge in [0, 0.05) is 62.4 Å². The average molecular weight is 1130 g/mol. The van der Waals surface area contributed by atoms with Gasteiger partial charge in [-0.1, -0.05) is 45.2 Å². The fourth-order valence-electron chi connectivity index (χ4n) is 8.49. The van der Waals surface area contributed by atoms with Crippen molar-refractivity contribution in [3.63, 3.8) is 0 Å². The van der Waals surface area contributed by atoms with Gasteiger partial charge in [-0.25, -0.2) is 4.79 Å². The van der Waals surface area contributed by atoms with Gasteiger partial charge in [0.15, 0.2) is 13.2 Å². The number of carbonyl (C=O) groups is 7. The lowest BCUT2D eigenvalue weighted by Crippen LogP contribution is -2.36. The summed E-state index contributed by atoms with van der Waals surface area (Å²) in [6.07, 6.45) is 8.42. The molecule has 0 radical (unpaired) electrons. The molecule has 6 N–H and O–H groups in total. The number of amides is 6. The largest absolute Gasteiger partial charge is 0.484 e. The van der Waals surface area contributed by atoms with E-state index in [-0.39, 0.29) is 85.4 Å². The third-order valence-electron chi connectivity index (χ3n) is 14.0. The molecule has 79 heavy (non-hydrogen) atoms. The van der Waals surface area contributed by atoms with Crippen molar-refractivity contribution in [1.82, 2.24) is 31.9 Å². The number of nitrogens with one attached hydrogen (secondary N) is 6. The van der Waals surface area contributed by atoms with Gasteiger partial charge in [-0.2, -0.15) is 11.8 Å². The highest BCUT2D eigenvalue weighted by molar-refractivity contribution is 8.00. The Morgan fingerprint density at radius 1 is 0.582 bits per heavy atom. The van der Waals surface area contributed by atoms with E-state index in [4.69, 9.17) is 28.4 Å². The molecule has 0 aromatic heterocycles. The number of fused-ring (bicyclic) bond motifs is 1. The zero-order valence-electron chi connectivity index (χ0n) is 48.8. The van der Waals surface area contributed by atoms with Crippen LogP contribution >= 0.6 is 11.8 Å². The van der Waals surface area contributed by atoms with Crippen LogP contribution in [0.25, 0.3) is 11.1 Å². The van der Waals surface area contributed by atoms with Gasteiger partial charge in [0.25, 0.3) is 17.7 Å². The standard InChI is InChI=1S/C59H92N6O13S/c1-11-13-31-73-53(70)56(3,4)25-33-77-58(7,8)23-27-60-49(67)38-75-44-21-19-41(20-22-44)42-35-43(52(69)63-30-29-62-48(66)18-16-15-17-47-51-46(40-79-47)64-55(72)65-51)37-45(36-42)76-39-50(68)61-28-24-59(9,10)78-34-26-57(5,6)54(71)74-32-14-12-2/h19-22,35-37,46-47,51H,11-18,23-34,38-40H2,1-10H3,(H,60,67)(H,61,68)(H,62,66)(H,63,69)(H2,64,65,72)/t46-,47-,51-/m0/s1. The quantitative estimate of drug-likeness (QED) is 0.0213. The first-order valence-corrected chi connectivity index (χ1v) is 29.4. The van der Waals surface area contributed by atoms with Gasteiger partial charge < -0.3 is 60.3 Å². The van der Waals surface area contributed by atoms with E-state index in [1.165, 1.54) is 0 Å². The first-order valence-electron chi connectivity index (χ1n) is 28.3. The second-order valence-corrected chi connectivity index (χ2v) is 24.3. The molecule has 442 valence electrons. The predicted molar refractivity (Wildman–Crippen MR) is 306 cm³/mol. The van der Waals surface area contributed by atoms with Gasteiger partial charge in [-0.05, 0) is 148 Å². The van der Waals surface area contributed by atoms with Crippen molar-refractivity contribution in [1.29, 1.82) is 0 Å². The summed E-state index contributed by atoms with van der Waals surface area (Å²) in [5.41, 5.74) is -0.891. The van der Waals surface area contributed by atoms with Gasteiger partial charge in [-0.15, -0.1) is 0 Å². The minimum absolute atomic E-state index is 0.107. The van der Waals surface area contributed by atoms with E-state index in [2.05, 4.69) is 31.9 Å². The number of ether oxygens (including phenoxy) is 6. The fraction of sp³-hybridized carbons (Fsp3) is 0.678. The predicted octanol–water partition coefficient (Wildman–Crippen LogP) is 7.81. The summed E-state index contributed by atoms with van der Waals surface area (Å²) in [6.45, 7) is 21.3. The van der Waals surface area contributed by atoms with Crippen LogP contribution in [0.5, 0.6) is 11.5 Å². The lowest BCUT2D eigenvalue weighted by molar-refractivity contribution is -0.156. The number of unbranched alkanes of at least 4 members (excludes halogenated alkanes) is 3. The van der Waals surface area contributed by atoms with Crippen LogP contribution < -0.4 is 41.4 Å². The molecule has 2 aliphatic rings. The Kier molecular flexibility index (Phi) is 27.2. The summed E-state index contributed by atoms with van der Waals surface area (Å²) in [5, 5.41) is 17.8. The number of thioether (sulfide) groups is 1. The number of rotatable bonds is 38. The Balaban J connectivity index is 1.28. The molecule has 2 fully saturated rings. The Morgan fingerprint density at radius 3 is 1.67 bits per heavy atom. The molecule has 0 aliphatic carbocycles. The Hall–Kier alpha value is -5.60. The average Bonchev–Trinajstić information content (AvgIpc) is 3.98. The fourth-order valence-corrected chi connectivity index (χ4v) is 10.0. The second kappa shape index (κ2) is 32.6. The lowest BCUT2D eigenvalue weighted by atomic mass is 9.90. The van der Waals surface area contributed by atoms with E-state index in [0.717, 1.165) is 44.3 Å². The van der Waals surface area contributed by atoms with E-state index in [1.54, 1.807) is 42.5 Å². The van der Waals surface area contributed by atoms with Gasteiger partial charge in [-0.3, -0.25) is 28.8 Å². The maximum Gasteiger partial charge on any atom is 0.315 e. The Labute approximate surface area is 473 Å². The molecule has 4 rings (SSSR count). The summed E-state index contributed by atoms with van der Waals surface area (Å²) in [5.74, 6) is -0.0546. The van der Waals surface area contributed by atoms with E-state index in [1.807, 2.05) is 81.0 Å². The molecule has 2 aromatic carbocycles. The molecule has 3 atom stereocenters. The molecular formula is C59H92N6O13S. The molecular weight excluding hydrogens is 1030 g/mol. The molecule has 0 spiro atoms. The van der Waals surface area contributed by atoms with Crippen molar-refractivity contribution >= 4 is 53.4 Å². The third-order valence-corrected chi connectivity index (χ3v) is 15.5. The summed E-state index contributed by atoms with van der Waals surface area (Å²) in [7, 11) is 0. The van der Waals surface area contributed by atoms with Crippen LogP contribution in [0.4, 0.5) is 4.79 Å². The minimum atomic E-state index is -0.691. The van der Waals surface area contributed by atoms with E-state index in [0.29, 0.717) is 100 Å². The first-order chi connectivity index (χ1) is 37.4. The van der Waals surface area contributed by atoms with Gasteiger partial charge in [0.05, 0.1) is 47.3 Å². The summed E-state index contributed by atoms with van der Waals surface area (Å²) in [4.78, 5) is 88.9. The third kappa shape index (κ3) is 24.3. The van der Waals surface area contributed by atoms with Crippen LogP contribution in [0.15, 0.2) is 42.5 Å². The SMILES string of the molecule is CCCCOC(=O)C(C)(C)CCOC(C)(C)CCNC(=O)COc1ccc(-c2cc(OCC(=O)NCCC(C)(C)OCCC(C)(C)C(=O)OCCCC)cc(C(=O)NCCNC(=O)CCCC[C@@H]3SC[C@@H]4NC(=O)N[C@@H]43)c2)cc1. The molecule has 0 saturated carbocycles. The van der Waals surface area contributed by atoms with Crippen LogP contribution in [0.3, 0.4) is 0 Å². The molecule has 2 aromatic rings. The molecule has 2 aliphatic heterocycles. The van der Waals surface area contributed by atoms with Gasteiger partial charge in [0.1, 0.15) is 11.5 Å². The number of carbonyl (C=O) groups excluding carboxylic acids is 7. The summed E-state index contributed by atoms with van der Waals surface area (Å²) < 4.78 is 34.8. The Bertz CT molecular complexity index is 2290. The van der Waals surface area contributed by atoms with Crippen LogP contribution in [-0.4, -0.2) is 142 Å². The normalized spacial score (nSPS) is 16.2. The van der Waals surface area contributed by atoms with Gasteiger partial charge in [0.2, 0.25) is 5.91 Å². The minimum Gasteiger partial charge on any atom is -0.484 e. The number of hydrogen-bond acceptors (Lipinski definition) is 14. The van der Waals surface area contributed by atoms with Crippen LogP contribution in [0.2, 0.25) is 0 Å². The zero-order valence-corrected chi connectivity index (χ0v) is 49.6. The molecule has 0 bridgehead atoms. The van der Waals surface area contributed by atoms with Crippen LogP contribution in [-0.2, 0) is 42.9 Å². The maximum absolute atomic E-state index is 13.6. The van der Waals surface area contributed by atoms with E-state index >= 15 is 0 Å². The molecule has 0 unspecified atom stereocenters. The Morgan fingerprint density at radius 2 is 1.11 bits per heavy atom. The van der Waals surface area contributed by atoms with Crippen molar-refractivity contribution in [2.24, 2.45) is 10.8 Å². The molecule has 2 saturated heterocycles. The highest BCUT2D eigenvalue weighted by atomic mass is 32.2. The second-order valence-electron chi connectivity index (χ2n) is 23.0. The molecule has 6 amide bonds. The van der Waals surface area contributed by atoms with Crippen molar-refractivity contribution in [3.05, 3.63) is 48.0 Å². The first kappa shape index (κ1) is 65.9. The number of esters is 2. The lowest BCUT2D eigenvalue weighted by Gasteiger charge is -2.28. The smallest absolute Gasteiger partial charge is 0.315 e. The van der Waals surface area contributed by atoms with Crippen LogP contribution in [0, 0.1) is 10.8 Å².